The number of hydrogen-bond acceptors (Lipinski definition) is 4. The number of sulfonamides is 1. The van der Waals surface area contributed by atoms with Crippen LogP contribution < -0.4 is 5.14 Å². The monoisotopic (exact) mass is 353 g/mol. The summed E-state index contributed by atoms with van der Waals surface area (Å²) in [7, 11) is -3.41. The van der Waals surface area contributed by atoms with Gasteiger partial charge in [-0.1, -0.05) is 38.1 Å². The second-order valence-electron chi connectivity index (χ2n) is 7.30. The first-order valence-corrected chi connectivity index (χ1v) is 10.5. The van der Waals surface area contributed by atoms with Gasteiger partial charge in [-0.3, -0.25) is 9.80 Å². The van der Waals surface area contributed by atoms with Gasteiger partial charge in [-0.15, -0.1) is 0 Å². The quantitative estimate of drug-likeness (QED) is 0.851. The molecule has 1 saturated heterocycles. The van der Waals surface area contributed by atoms with Gasteiger partial charge in [0.1, 0.15) is 0 Å². The van der Waals surface area contributed by atoms with E-state index >= 15 is 0 Å². The van der Waals surface area contributed by atoms with Crippen LogP contribution in [0, 0.1) is 0 Å². The van der Waals surface area contributed by atoms with Crippen LogP contribution in [0.2, 0.25) is 0 Å². The zero-order chi connectivity index (χ0) is 17.9. The Hall–Kier alpha value is -0.950. The summed E-state index contributed by atoms with van der Waals surface area (Å²) in [5.41, 5.74) is 2.74. The molecule has 6 heteroatoms. The number of nitrogens with zero attached hydrogens (tertiary/aromatic N) is 2. The second kappa shape index (κ2) is 7.95. The van der Waals surface area contributed by atoms with Crippen molar-refractivity contribution in [1.82, 2.24) is 9.80 Å². The van der Waals surface area contributed by atoms with E-state index in [1.807, 2.05) is 0 Å². The van der Waals surface area contributed by atoms with Crippen LogP contribution in [0.15, 0.2) is 24.3 Å². The molecule has 5 nitrogen and oxygen atoms in total. The van der Waals surface area contributed by atoms with Crippen molar-refractivity contribution in [3.63, 3.8) is 0 Å². The molecular weight excluding hydrogens is 322 g/mol. The Morgan fingerprint density at radius 3 is 2.42 bits per heavy atom. The lowest BCUT2D eigenvalue weighted by Crippen LogP contribution is -2.52. The largest absolute Gasteiger partial charge is 0.299 e. The van der Waals surface area contributed by atoms with E-state index in [0.29, 0.717) is 18.5 Å². The third kappa shape index (κ3) is 5.02. The molecule has 0 aliphatic carbocycles. The molecular formula is C18H31N3O2S. The van der Waals surface area contributed by atoms with Crippen LogP contribution in [0.3, 0.4) is 0 Å². The summed E-state index contributed by atoms with van der Waals surface area (Å²) in [6, 6.07) is 9.37. The molecule has 1 aliphatic rings. The molecule has 24 heavy (non-hydrogen) atoms. The lowest BCUT2D eigenvalue weighted by molar-refractivity contribution is 0.0532. The van der Waals surface area contributed by atoms with Gasteiger partial charge in [0.25, 0.3) is 0 Å². The summed E-state index contributed by atoms with van der Waals surface area (Å²) < 4.78 is 22.6. The van der Waals surface area contributed by atoms with Crippen LogP contribution in [0.25, 0.3) is 0 Å². The van der Waals surface area contributed by atoms with Crippen LogP contribution in [-0.4, -0.2) is 56.2 Å². The Morgan fingerprint density at radius 2 is 1.83 bits per heavy atom. The van der Waals surface area contributed by atoms with Crippen LogP contribution in [0.5, 0.6) is 0 Å². The number of primary sulfonamides is 1. The minimum Gasteiger partial charge on any atom is -0.299 e. The Labute approximate surface area is 146 Å². The van der Waals surface area contributed by atoms with E-state index in [2.05, 4.69) is 61.8 Å². The lowest BCUT2D eigenvalue weighted by atomic mass is 9.90. The van der Waals surface area contributed by atoms with E-state index in [-0.39, 0.29) is 11.8 Å². The molecule has 1 atom stereocenters. The molecule has 1 fully saturated rings. The number of hydrogen-bond donors (Lipinski definition) is 1. The highest BCUT2D eigenvalue weighted by Crippen LogP contribution is 2.32. The number of benzene rings is 1. The van der Waals surface area contributed by atoms with Gasteiger partial charge in [-0.2, -0.15) is 0 Å². The Morgan fingerprint density at radius 1 is 1.17 bits per heavy atom. The molecule has 1 heterocycles. The van der Waals surface area contributed by atoms with Gasteiger partial charge in [0.15, 0.2) is 0 Å². The predicted octanol–water partition coefficient (Wildman–Crippen LogP) is 2.17. The SMILES string of the molecule is CC(C)c1ccccc1C1CN(CCS(N)(=O)=O)CCN1C(C)C. The topological polar surface area (TPSA) is 66.6 Å². The number of piperazine rings is 1. The van der Waals surface area contributed by atoms with E-state index < -0.39 is 10.0 Å². The van der Waals surface area contributed by atoms with E-state index in [4.69, 9.17) is 5.14 Å². The Kier molecular flexibility index (Phi) is 6.42. The summed E-state index contributed by atoms with van der Waals surface area (Å²) >= 11 is 0. The standard InChI is InChI=1S/C18H31N3O2S/c1-14(2)16-7-5-6-8-17(16)18-13-20(11-12-24(19,22)23)9-10-21(18)15(3)4/h5-8,14-15,18H,9-13H2,1-4H3,(H2,19,22,23). The van der Waals surface area contributed by atoms with Crippen molar-refractivity contribution in [3.05, 3.63) is 35.4 Å². The Balaban J connectivity index is 2.25. The van der Waals surface area contributed by atoms with E-state index in [9.17, 15) is 8.42 Å². The fourth-order valence-corrected chi connectivity index (χ4v) is 4.06. The molecule has 1 aliphatic heterocycles. The molecule has 0 bridgehead atoms. The van der Waals surface area contributed by atoms with E-state index in [0.717, 1.165) is 19.6 Å². The zero-order valence-corrected chi connectivity index (χ0v) is 16.1. The van der Waals surface area contributed by atoms with Gasteiger partial charge in [-0.05, 0) is 30.9 Å². The zero-order valence-electron chi connectivity index (χ0n) is 15.3. The lowest BCUT2D eigenvalue weighted by Gasteiger charge is -2.44. The Bertz CT molecular complexity index is 643. The summed E-state index contributed by atoms with van der Waals surface area (Å²) in [6.07, 6.45) is 0. The van der Waals surface area contributed by atoms with Crippen LogP contribution >= 0.6 is 0 Å². The van der Waals surface area contributed by atoms with Gasteiger partial charge in [0.05, 0.1) is 5.75 Å². The molecule has 1 aromatic rings. The molecule has 0 radical (unpaired) electrons. The van der Waals surface area contributed by atoms with Crippen molar-refractivity contribution in [2.45, 2.75) is 45.7 Å². The first-order chi connectivity index (χ1) is 11.2. The van der Waals surface area contributed by atoms with Crippen molar-refractivity contribution in [2.75, 3.05) is 31.9 Å². The summed E-state index contributed by atoms with van der Waals surface area (Å²) in [4.78, 5) is 4.75. The normalized spacial score (nSPS) is 20.9. The summed E-state index contributed by atoms with van der Waals surface area (Å²) in [6.45, 7) is 12.1. The van der Waals surface area contributed by atoms with Gasteiger partial charge in [-0.25, -0.2) is 13.6 Å². The van der Waals surface area contributed by atoms with Gasteiger partial charge >= 0.3 is 0 Å². The maximum absolute atomic E-state index is 11.3. The first-order valence-electron chi connectivity index (χ1n) is 8.76. The molecule has 0 saturated carbocycles. The molecule has 0 aromatic heterocycles. The molecule has 2 rings (SSSR count). The summed E-state index contributed by atoms with van der Waals surface area (Å²) in [5, 5.41) is 5.17. The van der Waals surface area contributed by atoms with Gasteiger partial charge in [0, 0.05) is 38.3 Å². The van der Waals surface area contributed by atoms with Crippen LogP contribution in [-0.2, 0) is 10.0 Å². The average Bonchev–Trinajstić information content (AvgIpc) is 2.51. The highest BCUT2D eigenvalue weighted by Gasteiger charge is 2.31. The first kappa shape index (κ1) is 19.4. The summed E-state index contributed by atoms with van der Waals surface area (Å²) in [5.74, 6) is 0.489. The smallest absolute Gasteiger partial charge is 0.210 e. The molecule has 1 aromatic carbocycles. The van der Waals surface area contributed by atoms with Crippen molar-refractivity contribution in [3.8, 4) is 0 Å². The van der Waals surface area contributed by atoms with Crippen molar-refractivity contribution in [1.29, 1.82) is 0 Å². The van der Waals surface area contributed by atoms with Crippen molar-refractivity contribution < 1.29 is 8.42 Å². The molecule has 1 unspecified atom stereocenters. The minimum atomic E-state index is -3.41. The molecule has 136 valence electrons. The van der Waals surface area contributed by atoms with E-state index in [1.165, 1.54) is 11.1 Å². The van der Waals surface area contributed by atoms with Gasteiger partial charge in [0.2, 0.25) is 10.0 Å². The molecule has 0 spiro atoms. The van der Waals surface area contributed by atoms with Crippen LogP contribution in [0.4, 0.5) is 0 Å². The average molecular weight is 354 g/mol. The third-order valence-electron chi connectivity index (χ3n) is 4.84. The maximum Gasteiger partial charge on any atom is 0.210 e. The third-order valence-corrected chi connectivity index (χ3v) is 5.59. The van der Waals surface area contributed by atoms with Crippen molar-refractivity contribution in [2.24, 2.45) is 5.14 Å². The highest BCUT2D eigenvalue weighted by molar-refractivity contribution is 7.89. The predicted molar refractivity (Wildman–Crippen MR) is 99.5 cm³/mol. The van der Waals surface area contributed by atoms with Crippen LogP contribution in [0.1, 0.15) is 50.8 Å². The van der Waals surface area contributed by atoms with Crippen molar-refractivity contribution >= 4 is 10.0 Å². The molecule has 0 amide bonds. The minimum absolute atomic E-state index is 0.0211. The molecule has 2 N–H and O–H groups in total. The van der Waals surface area contributed by atoms with E-state index in [1.54, 1.807) is 0 Å². The number of rotatable bonds is 6. The fourth-order valence-electron chi connectivity index (χ4n) is 3.55. The highest BCUT2D eigenvalue weighted by atomic mass is 32.2. The number of nitrogens with two attached hydrogens (primary N) is 1. The van der Waals surface area contributed by atoms with Gasteiger partial charge < -0.3 is 0 Å². The second-order valence-corrected chi connectivity index (χ2v) is 9.03. The fraction of sp³-hybridized carbons (Fsp3) is 0.667. The maximum atomic E-state index is 11.3.